The number of aliphatic hydroxyl groups excluding tert-OH is 1. The Morgan fingerprint density at radius 3 is 2.91 bits per heavy atom. The molecule has 2 aromatic rings. The third-order valence-corrected chi connectivity index (χ3v) is 3.83. The summed E-state index contributed by atoms with van der Waals surface area (Å²) in [7, 11) is 1.83. The number of rotatable bonds is 4. The number of benzene rings is 1. The fourth-order valence-corrected chi connectivity index (χ4v) is 2.69. The van der Waals surface area contributed by atoms with Gasteiger partial charge in [0.2, 0.25) is 5.91 Å². The molecule has 7 heteroatoms. The van der Waals surface area contributed by atoms with Gasteiger partial charge in [-0.15, -0.1) is 0 Å². The monoisotopic (exact) mass is 302 g/mol. The van der Waals surface area contributed by atoms with Crippen LogP contribution in [-0.2, 0) is 18.3 Å². The van der Waals surface area contributed by atoms with Gasteiger partial charge >= 0.3 is 6.03 Å². The molecule has 7 nitrogen and oxygen atoms in total. The van der Waals surface area contributed by atoms with E-state index in [4.69, 9.17) is 5.11 Å². The molecule has 3 amide bonds. The van der Waals surface area contributed by atoms with E-state index in [1.54, 1.807) is 4.68 Å². The number of hydrogen-bond donors (Lipinski definition) is 2. The Bertz CT molecular complexity index is 738. The summed E-state index contributed by atoms with van der Waals surface area (Å²) >= 11 is 0. The Morgan fingerprint density at radius 1 is 1.36 bits per heavy atom. The molecule has 0 radical (unpaired) electrons. The van der Waals surface area contributed by atoms with E-state index in [-0.39, 0.29) is 18.9 Å². The summed E-state index contributed by atoms with van der Waals surface area (Å²) in [6.45, 7) is 0.500. The van der Waals surface area contributed by atoms with Gasteiger partial charge in [0.1, 0.15) is 0 Å². The highest BCUT2D eigenvalue weighted by molar-refractivity contribution is 6.08. The Kier molecular flexibility index (Phi) is 3.81. The highest BCUT2D eigenvalue weighted by Gasteiger charge is 2.27. The van der Waals surface area contributed by atoms with Gasteiger partial charge in [-0.3, -0.25) is 19.7 Å². The van der Waals surface area contributed by atoms with Gasteiger partial charge in [0.25, 0.3) is 0 Å². The second-order valence-corrected chi connectivity index (χ2v) is 5.38. The molecular formula is C15H18N4O3. The Hall–Kier alpha value is -2.41. The van der Waals surface area contributed by atoms with Crippen molar-refractivity contribution in [3.05, 3.63) is 23.8 Å². The molecule has 0 bridgehead atoms. The summed E-state index contributed by atoms with van der Waals surface area (Å²) in [5.74, 6) is 0.309. The molecule has 1 saturated heterocycles. The van der Waals surface area contributed by atoms with Gasteiger partial charge in [0.05, 0.1) is 5.52 Å². The highest BCUT2D eigenvalue weighted by atomic mass is 16.3. The summed E-state index contributed by atoms with van der Waals surface area (Å²) in [6, 6.07) is 5.51. The van der Waals surface area contributed by atoms with Crippen LogP contribution in [0.2, 0.25) is 0 Å². The summed E-state index contributed by atoms with van der Waals surface area (Å²) in [4.78, 5) is 24.7. The van der Waals surface area contributed by atoms with Crippen molar-refractivity contribution in [1.82, 2.24) is 15.1 Å². The molecule has 0 aliphatic carbocycles. The van der Waals surface area contributed by atoms with Crippen LogP contribution in [0.4, 0.5) is 10.6 Å². The van der Waals surface area contributed by atoms with Gasteiger partial charge < -0.3 is 5.11 Å². The van der Waals surface area contributed by atoms with E-state index in [0.29, 0.717) is 18.8 Å². The van der Waals surface area contributed by atoms with Crippen LogP contribution in [0.15, 0.2) is 18.2 Å². The Morgan fingerprint density at radius 2 is 2.18 bits per heavy atom. The molecule has 22 heavy (non-hydrogen) atoms. The normalized spacial score (nSPS) is 15.5. The number of carbonyl (C=O) groups is 2. The second-order valence-electron chi connectivity index (χ2n) is 5.38. The van der Waals surface area contributed by atoms with Crippen LogP contribution in [0.25, 0.3) is 10.9 Å². The summed E-state index contributed by atoms with van der Waals surface area (Å²) in [6.07, 6.45) is 1.79. The fraction of sp³-hybridized carbons (Fsp3) is 0.400. The van der Waals surface area contributed by atoms with Gasteiger partial charge in [-0.1, -0.05) is 6.07 Å². The summed E-state index contributed by atoms with van der Waals surface area (Å²) in [5.41, 5.74) is 2.05. The van der Waals surface area contributed by atoms with Crippen LogP contribution >= 0.6 is 0 Å². The minimum Gasteiger partial charge on any atom is -0.396 e. The van der Waals surface area contributed by atoms with Crippen molar-refractivity contribution in [3.8, 4) is 0 Å². The van der Waals surface area contributed by atoms with Crippen molar-refractivity contribution < 1.29 is 14.7 Å². The van der Waals surface area contributed by atoms with Crippen LogP contribution in [0.3, 0.4) is 0 Å². The van der Waals surface area contributed by atoms with E-state index in [9.17, 15) is 9.59 Å². The molecule has 1 fully saturated rings. The van der Waals surface area contributed by atoms with Gasteiger partial charge in [-0.25, -0.2) is 4.79 Å². The fourth-order valence-electron chi connectivity index (χ4n) is 2.69. The lowest BCUT2D eigenvalue weighted by molar-refractivity contribution is -0.120. The molecule has 3 rings (SSSR count). The zero-order valence-electron chi connectivity index (χ0n) is 12.4. The maximum atomic E-state index is 12.0. The van der Waals surface area contributed by atoms with Crippen molar-refractivity contribution in [2.75, 3.05) is 18.1 Å². The summed E-state index contributed by atoms with van der Waals surface area (Å²) < 4.78 is 1.73. The van der Waals surface area contributed by atoms with Crippen molar-refractivity contribution in [2.24, 2.45) is 7.05 Å². The molecular weight excluding hydrogens is 284 g/mol. The molecule has 1 aromatic heterocycles. The van der Waals surface area contributed by atoms with Crippen molar-refractivity contribution in [3.63, 3.8) is 0 Å². The van der Waals surface area contributed by atoms with E-state index in [2.05, 4.69) is 10.4 Å². The predicted octanol–water partition coefficient (Wildman–Crippen LogP) is 0.944. The first-order chi connectivity index (χ1) is 10.6. The van der Waals surface area contributed by atoms with E-state index < -0.39 is 6.03 Å². The molecule has 0 unspecified atom stereocenters. The smallest absolute Gasteiger partial charge is 0.329 e. The number of imide groups is 1. The first-order valence-electron chi connectivity index (χ1n) is 7.28. The molecule has 1 aliphatic heterocycles. The van der Waals surface area contributed by atoms with Crippen LogP contribution in [0.1, 0.15) is 18.4 Å². The van der Waals surface area contributed by atoms with Crippen LogP contribution in [-0.4, -0.2) is 40.0 Å². The quantitative estimate of drug-likeness (QED) is 0.880. The molecule has 1 aromatic carbocycles. The number of carbonyl (C=O) groups excluding carboxylic acids is 2. The average Bonchev–Trinajstić information content (AvgIpc) is 2.82. The van der Waals surface area contributed by atoms with E-state index in [1.807, 2.05) is 25.2 Å². The maximum absolute atomic E-state index is 12.0. The molecule has 0 atom stereocenters. The minimum absolute atomic E-state index is 0.163. The van der Waals surface area contributed by atoms with Gasteiger partial charge in [-0.2, -0.15) is 5.10 Å². The van der Waals surface area contributed by atoms with Crippen molar-refractivity contribution in [1.29, 1.82) is 0 Å². The molecule has 116 valence electrons. The number of anilines is 1. The van der Waals surface area contributed by atoms with E-state index >= 15 is 0 Å². The number of urea groups is 1. The van der Waals surface area contributed by atoms with Crippen LogP contribution in [0, 0.1) is 0 Å². The lowest BCUT2D eigenvalue weighted by Crippen LogP contribution is -2.49. The topological polar surface area (TPSA) is 87.5 Å². The number of aryl methyl sites for hydroxylation is 2. The zero-order chi connectivity index (χ0) is 15.7. The molecule has 2 heterocycles. The first-order valence-corrected chi connectivity index (χ1v) is 7.28. The van der Waals surface area contributed by atoms with Crippen molar-refractivity contribution >= 4 is 28.7 Å². The van der Waals surface area contributed by atoms with Crippen LogP contribution in [0.5, 0.6) is 0 Å². The average molecular weight is 302 g/mol. The number of nitrogens with one attached hydrogen (secondary N) is 1. The standard InChI is InChI=1S/C15H18N4O3/c1-18-12-9-10(3-2-8-20)4-5-11(12)14(17-18)19-7-6-13(21)16-15(19)22/h4-5,9,20H,2-3,6-8H2,1H3,(H,16,21,22). The predicted molar refractivity (Wildman–Crippen MR) is 81.6 cm³/mol. The van der Waals surface area contributed by atoms with Gasteiger partial charge in [0.15, 0.2) is 5.82 Å². The minimum atomic E-state index is -0.430. The number of fused-ring (bicyclic) bond motifs is 1. The maximum Gasteiger partial charge on any atom is 0.329 e. The number of hydrogen-bond acceptors (Lipinski definition) is 4. The number of aromatic nitrogens is 2. The van der Waals surface area contributed by atoms with E-state index in [1.165, 1.54) is 4.90 Å². The second kappa shape index (κ2) is 5.76. The van der Waals surface area contributed by atoms with Gasteiger partial charge in [-0.05, 0) is 30.5 Å². The first kappa shape index (κ1) is 14.5. The zero-order valence-corrected chi connectivity index (χ0v) is 12.4. The van der Waals surface area contributed by atoms with Crippen molar-refractivity contribution in [2.45, 2.75) is 19.3 Å². The third kappa shape index (κ3) is 2.55. The highest BCUT2D eigenvalue weighted by Crippen LogP contribution is 2.28. The third-order valence-electron chi connectivity index (χ3n) is 3.83. The number of nitrogens with zero attached hydrogens (tertiary/aromatic N) is 3. The SMILES string of the molecule is Cn1nc(N2CCC(=O)NC2=O)c2ccc(CCCO)cc21. The molecule has 1 aliphatic rings. The molecule has 0 spiro atoms. The molecule has 2 N–H and O–H groups in total. The Labute approximate surface area is 127 Å². The largest absolute Gasteiger partial charge is 0.396 e. The summed E-state index contributed by atoms with van der Waals surface area (Å²) in [5, 5.41) is 16.5. The lowest BCUT2D eigenvalue weighted by atomic mass is 10.1. The number of amides is 3. The lowest BCUT2D eigenvalue weighted by Gasteiger charge is -2.24. The number of aliphatic hydroxyl groups is 1. The van der Waals surface area contributed by atoms with Crippen LogP contribution < -0.4 is 10.2 Å². The molecule has 0 saturated carbocycles. The Balaban J connectivity index is 1.97. The van der Waals surface area contributed by atoms with Gasteiger partial charge in [0, 0.05) is 32.0 Å². The van der Waals surface area contributed by atoms with E-state index in [0.717, 1.165) is 22.9 Å².